The Morgan fingerprint density at radius 2 is 2.31 bits per heavy atom. The highest BCUT2D eigenvalue weighted by Gasteiger charge is 2.32. The summed E-state index contributed by atoms with van der Waals surface area (Å²) >= 11 is 0. The van der Waals surface area contributed by atoms with E-state index in [4.69, 9.17) is 11.1 Å². The summed E-state index contributed by atoms with van der Waals surface area (Å²) in [5.74, 6) is 0.621. The minimum absolute atomic E-state index is 0.0903. The first-order valence-corrected chi connectivity index (χ1v) is 5.12. The molecule has 0 aliphatic carbocycles. The summed E-state index contributed by atoms with van der Waals surface area (Å²) in [4.78, 5) is 10.2. The van der Waals surface area contributed by atoms with E-state index in [1.807, 2.05) is 11.8 Å². The maximum Gasteiger partial charge on any atom is 0.147 e. The number of aliphatic hydroxyl groups is 1. The zero-order valence-electron chi connectivity index (χ0n) is 9.14. The molecule has 6 nitrogen and oxygen atoms in total. The van der Waals surface area contributed by atoms with Crippen LogP contribution in [0.3, 0.4) is 0 Å². The second-order valence-corrected chi connectivity index (χ2v) is 4.34. The molecule has 0 radical (unpaired) electrons. The second kappa shape index (κ2) is 3.71. The zero-order chi connectivity index (χ0) is 11.8. The van der Waals surface area contributed by atoms with E-state index < -0.39 is 5.60 Å². The molecule has 6 heteroatoms. The maximum atomic E-state index is 9.83. The number of nitrogen functional groups attached to an aromatic ring is 1. The number of hydrogen-bond donors (Lipinski definition) is 3. The number of rotatable bonds is 2. The molecule has 1 saturated heterocycles. The lowest BCUT2D eigenvalue weighted by atomic mass is 10.1. The van der Waals surface area contributed by atoms with Crippen LogP contribution < -0.4 is 10.6 Å². The van der Waals surface area contributed by atoms with Crippen molar-refractivity contribution in [2.24, 2.45) is 5.73 Å². The van der Waals surface area contributed by atoms with Crippen LogP contribution in [0.2, 0.25) is 0 Å². The van der Waals surface area contributed by atoms with Crippen molar-refractivity contribution in [1.82, 2.24) is 9.97 Å². The minimum Gasteiger partial charge on any atom is -0.388 e. The Hall–Kier alpha value is -1.69. The van der Waals surface area contributed by atoms with Gasteiger partial charge in [0.2, 0.25) is 0 Å². The third-order valence-corrected chi connectivity index (χ3v) is 2.69. The number of amidine groups is 1. The largest absolute Gasteiger partial charge is 0.388 e. The van der Waals surface area contributed by atoms with Gasteiger partial charge in [0, 0.05) is 13.1 Å². The summed E-state index contributed by atoms with van der Waals surface area (Å²) in [5.41, 5.74) is 5.01. The van der Waals surface area contributed by atoms with E-state index >= 15 is 0 Å². The van der Waals surface area contributed by atoms with Crippen LogP contribution in [0.15, 0.2) is 12.4 Å². The van der Waals surface area contributed by atoms with Crippen molar-refractivity contribution in [2.75, 3.05) is 18.0 Å². The molecule has 16 heavy (non-hydrogen) atoms. The standard InChI is InChI=1S/C10H15N5O/c1-10(16)2-3-15(6-10)8-5-13-7(4-14-8)9(11)12/h4-5,16H,2-3,6H2,1H3,(H3,11,12). The molecule has 1 fully saturated rings. The van der Waals surface area contributed by atoms with E-state index in [0.717, 1.165) is 13.0 Å². The van der Waals surface area contributed by atoms with E-state index in [1.165, 1.54) is 6.20 Å². The summed E-state index contributed by atoms with van der Waals surface area (Å²) in [7, 11) is 0. The average molecular weight is 221 g/mol. The van der Waals surface area contributed by atoms with E-state index in [-0.39, 0.29) is 5.84 Å². The molecule has 1 unspecified atom stereocenters. The van der Waals surface area contributed by atoms with Crippen molar-refractivity contribution < 1.29 is 5.11 Å². The Bertz CT molecular complexity index is 400. The molecule has 1 aliphatic heterocycles. The first-order chi connectivity index (χ1) is 7.48. The minimum atomic E-state index is -0.652. The van der Waals surface area contributed by atoms with Crippen molar-refractivity contribution in [3.05, 3.63) is 18.1 Å². The number of nitrogens with two attached hydrogens (primary N) is 1. The molecule has 0 aromatic carbocycles. The SMILES string of the molecule is CC1(O)CCN(c2cnc(C(=N)N)cn2)C1. The van der Waals surface area contributed by atoms with Gasteiger partial charge in [-0.1, -0.05) is 0 Å². The lowest BCUT2D eigenvalue weighted by molar-refractivity contribution is 0.0839. The van der Waals surface area contributed by atoms with Crippen LogP contribution >= 0.6 is 0 Å². The van der Waals surface area contributed by atoms with Gasteiger partial charge >= 0.3 is 0 Å². The zero-order valence-corrected chi connectivity index (χ0v) is 9.14. The summed E-state index contributed by atoms with van der Waals surface area (Å²) in [6.45, 7) is 3.13. The smallest absolute Gasteiger partial charge is 0.147 e. The molecule has 0 spiro atoms. The van der Waals surface area contributed by atoms with Crippen LogP contribution in [0.5, 0.6) is 0 Å². The number of hydrogen-bond acceptors (Lipinski definition) is 5. The van der Waals surface area contributed by atoms with Crippen LogP contribution in [0.4, 0.5) is 5.82 Å². The molecule has 2 heterocycles. The van der Waals surface area contributed by atoms with Crippen molar-refractivity contribution in [1.29, 1.82) is 5.41 Å². The fraction of sp³-hybridized carbons (Fsp3) is 0.500. The van der Waals surface area contributed by atoms with Gasteiger partial charge in [-0.2, -0.15) is 0 Å². The number of aromatic nitrogens is 2. The van der Waals surface area contributed by atoms with Gasteiger partial charge in [0.1, 0.15) is 17.3 Å². The van der Waals surface area contributed by atoms with Gasteiger partial charge in [-0.3, -0.25) is 5.41 Å². The normalized spacial score (nSPS) is 24.8. The van der Waals surface area contributed by atoms with Gasteiger partial charge in [-0.05, 0) is 13.3 Å². The fourth-order valence-electron chi connectivity index (χ4n) is 1.76. The van der Waals surface area contributed by atoms with Crippen molar-refractivity contribution in [3.63, 3.8) is 0 Å². The molecule has 1 atom stereocenters. The van der Waals surface area contributed by atoms with Gasteiger partial charge in [-0.25, -0.2) is 9.97 Å². The first-order valence-electron chi connectivity index (χ1n) is 5.12. The number of nitrogens with zero attached hydrogens (tertiary/aromatic N) is 3. The van der Waals surface area contributed by atoms with Crippen molar-refractivity contribution in [3.8, 4) is 0 Å². The van der Waals surface area contributed by atoms with Gasteiger partial charge in [0.25, 0.3) is 0 Å². The Balaban J connectivity index is 2.14. The molecule has 2 rings (SSSR count). The van der Waals surface area contributed by atoms with Crippen LogP contribution in [0, 0.1) is 5.41 Å². The maximum absolute atomic E-state index is 9.83. The fourth-order valence-corrected chi connectivity index (χ4v) is 1.76. The summed E-state index contributed by atoms with van der Waals surface area (Å²) in [5, 5.41) is 17.0. The quantitative estimate of drug-likeness (QED) is 0.471. The van der Waals surface area contributed by atoms with Gasteiger partial charge in [-0.15, -0.1) is 0 Å². The molecule has 4 N–H and O–H groups in total. The van der Waals surface area contributed by atoms with Gasteiger partial charge in [0.05, 0.1) is 18.0 Å². The molecular formula is C10H15N5O. The highest BCUT2D eigenvalue weighted by atomic mass is 16.3. The Kier molecular flexibility index (Phi) is 2.51. The number of β-amino-alcohol motifs (C(OH)–C–C–N with tert-alkyl or cyclic N) is 1. The highest BCUT2D eigenvalue weighted by Crippen LogP contribution is 2.24. The van der Waals surface area contributed by atoms with Crippen LogP contribution in [0.25, 0.3) is 0 Å². The Morgan fingerprint density at radius 3 is 2.75 bits per heavy atom. The first kappa shape index (κ1) is 10.8. The Labute approximate surface area is 93.6 Å². The monoisotopic (exact) mass is 221 g/mol. The average Bonchev–Trinajstić information content (AvgIpc) is 2.59. The molecule has 1 aliphatic rings. The molecule has 1 aromatic heterocycles. The highest BCUT2D eigenvalue weighted by molar-refractivity contribution is 5.92. The predicted octanol–water partition coefficient (Wildman–Crippen LogP) is -0.278. The molecular weight excluding hydrogens is 206 g/mol. The predicted molar refractivity (Wildman–Crippen MR) is 60.5 cm³/mol. The molecule has 0 bridgehead atoms. The molecule has 0 amide bonds. The molecule has 0 saturated carbocycles. The van der Waals surface area contributed by atoms with E-state index in [1.54, 1.807) is 6.20 Å². The number of nitrogens with one attached hydrogen (secondary N) is 1. The molecule has 1 aromatic rings. The van der Waals surface area contributed by atoms with Gasteiger partial charge < -0.3 is 15.7 Å². The Morgan fingerprint density at radius 1 is 1.56 bits per heavy atom. The number of anilines is 1. The lowest BCUT2D eigenvalue weighted by Gasteiger charge is -2.19. The molecule has 86 valence electrons. The summed E-state index contributed by atoms with van der Waals surface area (Å²) in [6, 6.07) is 0. The van der Waals surface area contributed by atoms with Crippen molar-refractivity contribution >= 4 is 11.7 Å². The topological polar surface area (TPSA) is 99.1 Å². The van der Waals surface area contributed by atoms with Crippen LogP contribution in [-0.2, 0) is 0 Å². The third-order valence-electron chi connectivity index (χ3n) is 2.69. The summed E-state index contributed by atoms with van der Waals surface area (Å²) in [6.07, 6.45) is 3.78. The second-order valence-electron chi connectivity index (χ2n) is 4.34. The van der Waals surface area contributed by atoms with E-state index in [2.05, 4.69) is 9.97 Å². The summed E-state index contributed by atoms with van der Waals surface area (Å²) < 4.78 is 0. The lowest BCUT2D eigenvalue weighted by Crippen LogP contribution is -2.30. The van der Waals surface area contributed by atoms with Crippen LogP contribution in [-0.4, -0.2) is 39.6 Å². The van der Waals surface area contributed by atoms with Gasteiger partial charge in [0.15, 0.2) is 0 Å². The van der Waals surface area contributed by atoms with Crippen LogP contribution in [0.1, 0.15) is 19.0 Å². The third kappa shape index (κ3) is 2.11. The van der Waals surface area contributed by atoms with E-state index in [0.29, 0.717) is 18.1 Å². The van der Waals surface area contributed by atoms with E-state index in [9.17, 15) is 5.11 Å². The van der Waals surface area contributed by atoms with Crippen molar-refractivity contribution in [2.45, 2.75) is 18.9 Å².